The van der Waals surface area contributed by atoms with Gasteiger partial charge in [0.15, 0.2) is 5.82 Å². The minimum Gasteiger partial charge on any atom is -0.460 e. The van der Waals surface area contributed by atoms with E-state index in [1.54, 1.807) is 12.3 Å². The number of ether oxygens (including phenoxy) is 2. The number of hydrogen-bond acceptors (Lipinski definition) is 7. The van der Waals surface area contributed by atoms with Gasteiger partial charge in [-0.2, -0.15) is 4.98 Å². The predicted molar refractivity (Wildman–Crippen MR) is 94.3 cm³/mol. The standard InChI is InChI=1S/C17H15ClFN5O2/c18-12-7-10(1-2-13(12)19)23-16-15-14(21-9-22-16)8-20-17(24-15)26-11-3-5-25-6-4-11/h1-2,7-9,11H,3-6H2,(H,21,22,23). The van der Waals surface area contributed by atoms with E-state index in [9.17, 15) is 4.39 Å². The summed E-state index contributed by atoms with van der Waals surface area (Å²) in [6.45, 7) is 1.33. The van der Waals surface area contributed by atoms with E-state index in [1.807, 2.05) is 0 Å². The largest absolute Gasteiger partial charge is 0.460 e. The van der Waals surface area contributed by atoms with E-state index in [2.05, 4.69) is 25.3 Å². The van der Waals surface area contributed by atoms with Crippen LogP contribution in [0.2, 0.25) is 5.02 Å². The third-order valence-corrected chi connectivity index (χ3v) is 4.27. The summed E-state index contributed by atoms with van der Waals surface area (Å²) >= 11 is 5.83. The predicted octanol–water partition coefficient (Wildman–Crippen LogP) is 3.51. The van der Waals surface area contributed by atoms with Crippen LogP contribution in [0.5, 0.6) is 6.01 Å². The molecule has 3 heterocycles. The zero-order valence-corrected chi connectivity index (χ0v) is 14.4. The molecule has 0 spiro atoms. The smallest absolute Gasteiger partial charge is 0.317 e. The first-order valence-electron chi connectivity index (χ1n) is 8.13. The van der Waals surface area contributed by atoms with Crippen molar-refractivity contribution >= 4 is 34.1 Å². The van der Waals surface area contributed by atoms with E-state index < -0.39 is 5.82 Å². The molecule has 0 bridgehead atoms. The number of benzene rings is 1. The maximum atomic E-state index is 13.3. The van der Waals surface area contributed by atoms with Crippen LogP contribution < -0.4 is 10.1 Å². The first-order valence-corrected chi connectivity index (χ1v) is 8.51. The van der Waals surface area contributed by atoms with E-state index in [-0.39, 0.29) is 17.1 Å². The number of halogens is 2. The quantitative estimate of drug-likeness (QED) is 0.747. The summed E-state index contributed by atoms with van der Waals surface area (Å²) in [5.74, 6) is -0.0314. The molecule has 3 aromatic rings. The molecule has 26 heavy (non-hydrogen) atoms. The summed E-state index contributed by atoms with van der Waals surface area (Å²) in [7, 11) is 0. The molecule has 1 fully saturated rings. The highest BCUT2D eigenvalue weighted by atomic mass is 35.5. The first-order chi connectivity index (χ1) is 12.7. The van der Waals surface area contributed by atoms with Crippen molar-refractivity contribution in [3.8, 4) is 6.01 Å². The third-order valence-electron chi connectivity index (χ3n) is 3.98. The van der Waals surface area contributed by atoms with Crippen molar-refractivity contribution < 1.29 is 13.9 Å². The summed E-state index contributed by atoms with van der Waals surface area (Å²) in [4.78, 5) is 17.0. The first kappa shape index (κ1) is 16.9. The third kappa shape index (κ3) is 3.66. The second-order valence-corrected chi connectivity index (χ2v) is 6.20. The van der Waals surface area contributed by atoms with Crippen molar-refractivity contribution in [2.75, 3.05) is 18.5 Å². The molecule has 1 N–H and O–H groups in total. The topological polar surface area (TPSA) is 82.1 Å². The fraction of sp³-hybridized carbons (Fsp3) is 0.294. The second-order valence-electron chi connectivity index (χ2n) is 5.79. The van der Waals surface area contributed by atoms with Crippen molar-refractivity contribution in [3.63, 3.8) is 0 Å². The number of anilines is 2. The van der Waals surface area contributed by atoms with E-state index in [0.29, 0.717) is 35.8 Å². The van der Waals surface area contributed by atoms with Crippen LogP contribution in [0.4, 0.5) is 15.9 Å². The molecule has 0 atom stereocenters. The van der Waals surface area contributed by atoms with E-state index in [0.717, 1.165) is 12.8 Å². The van der Waals surface area contributed by atoms with Gasteiger partial charge < -0.3 is 14.8 Å². The van der Waals surface area contributed by atoms with Crippen molar-refractivity contribution in [1.29, 1.82) is 0 Å². The summed E-state index contributed by atoms with van der Waals surface area (Å²) < 4.78 is 24.5. The Morgan fingerprint density at radius 2 is 2.04 bits per heavy atom. The maximum absolute atomic E-state index is 13.3. The van der Waals surface area contributed by atoms with Gasteiger partial charge in [-0.05, 0) is 18.2 Å². The number of hydrogen-bond donors (Lipinski definition) is 1. The lowest BCUT2D eigenvalue weighted by Crippen LogP contribution is -2.26. The minimum absolute atomic E-state index is 0.0199. The lowest BCUT2D eigenvalue weighted by Gasteiger charge is -2.22. The fourth-order valence-corrected chi connectivity index (χ4v) is 2.82. The van der Waals surface area contributed by atoms with Crippen molar-refractivity contribution in [2.24, 2.45) is 0 Å². The van der Waals surface area contributed by atoms with Crippen LogP contribution in [0.15, 0.2) is 30.7 Å². The number of nitrogens with zero attached hydrogens (tertiary/aromatic N) is 4. The Morgan fingerprint density at radius 3 is 2.85 bits per heavy atom. The summed E-state index contributed by atoms with van der Waals surface area (Å²) in [6.07, 6.45) is 4.61. The molecule has 0 radical (unpaired) electrons. The van der Waals surface area contributed by atoms with Gasteiger partial charge in [0.2, 0.25) is 0 Å². The Kier molecular flexibility index (Phi) is 4.77. The van der Waals surface area contributed by atoms with Crippen LogP contribution in [0.3, 0.4) is 0 Å². The molecule has 0 aliphatic carbocycles. The molecule has 7 nitrogen and oxygen atoms in total. The van der Waals surface area contributed by atoms with E-state index in [1.165, 1.54) is 18.5 Å². The summed E-state index contributed by atoms with van der Waals surface area (Å²) in [5.41, 5.74) is 1.65. The number of rotatable bonds is 4. The fourth-order valence-electron chi connectivity index (χ4n) is 2.64. The van der Waals surface area contributed by atoms with Crippen LogP contribution >= 0.6 is 11.6 Å². The molecule has 0 amide bonds. The zero-order chi connectivity index (χ0) is 17.9. The Hall–Kier alpha value is -2.58. The lowest BCUT2D eigenvalue weighted by molar-refractivity contribution is 0.0218. The Balaban J connectivity index is 1.63. The summed E-state index contributed by atoms with van der Waals surface area (Å²) in [6, 6.07) is 4.59. The Morgan fingerprint density at radius 1 is 1.19 bits per heavy atom. The molecular weight excluding hydrogens is 361 g/mol. The van der Waals surface area contributed by atoms with Gasteiger partial charge in [0.05, 0.1) is 24.4 Å². The van der Waals surface area contributed by atoms with Crippen molar-refractivity contribution in [1.82, 2.24) is 19.9 Å². The van der Waals surface area contributed by atoms with Crippen LogP contribution in [0.25, 0.3) is 11.0 Å². The molecule has 1 aromatic carbocycles. The monoisotopic (exact) mass is 375 g/mol. The molecule has 0 saturated carbocycles. The molecule has 2 aromatic heterocycles. The Labute approximate surface area is 153 Å². The normalized spacial score (nSPS) is 15.2. The zero-order valence-electron chi connectivity index (χ0n) is 13.7. The van der Waals surface area contributed by atoms with Crippen LogP contribution in [0, 0.1) is 5.82 Å². The maximum Gasteiger partial charge on any atom is 0.317 e. The van der Waals surface area contributed by atoms with Gasteiger partial charge in [0, 0.05) is 18.5 Å². The van der Waals surface area contributed by atoms with Gasteiger partial charge in [-0.1, -0.05) is 11.6 Å². The van der Waals surface area contributed by atoms with Crippen LogP contribution in [-0.4, -0.2) is 39.3 Å². The van der Waals surface area contributed by atoms with Crippen molar-refractivity contribution in [2.45, 2.75) is 18.9 Å². The van der Waals surface area contributed by atoms with Gasteiger partial charge in [-0.25, -0.2) is 19.3 Å². The summed E-state index contributed by atoms with van der Waals surface area (Å²) in [5, 5.41) is 3.10. The molecule has 134 valence electrons. The van der Waals surface area contributed by atoms with E-state index in [4.69, 9.17) is 21.1 Å². The average Bonchev–Trinajstić information content (AvgIpc) is 2.66. The molecule has 0 unspecified atom stereocenters. The number of aromatic nitrogens is 4. The van der Waals surface area contributed by atoms with Crippen molar-refractivity contribution in [3.05, 3.63) is 41.6 Å². The molecule has 1 aliphatic heterocycles. The minimum atomic E-state index is -0.487. The second kappa shape index (κ2) is 7.35. The highest BCUT2D eigenvalue weighted by Gasteiger charge is 2.17. The lowest BCUT2D eigenvalue weighted by atomic mass is 10.2. The molecule has 4 rings (SSSR count). The highest BCUT2D eigenvalue weighted by molar-refractivity contribution is 6.31. The van der Waals surface area contributed by atoms with Crippen LogP contribution in [0.1, 0.15) is 12.8 Å². The molecular formula is C17H15ClFN5O2. The van der Waals surface area contributed by atoms with Gasteiger partial charge in [0.1, 0.15) is 29.3 Å². The van der Waals surface area contributed by atoms with E-state index >= 15 is 0 Å². The van der Waals surface area contributed by atoms with Gasteiger partial charge in [-0.3, -0.25) is 0 Å². The van der Waals surface area contributed by atoms with Gasteiger partial charge in [-0.15, -0.1) is 0 Å². The molecule has 1 aliphatic rings. The molecule has 9 heteroatoms. The highest BCUT2D eigenvalue weighted by Crippen LogP contribution is 2.26. The van der Waals surface area contributed by atoms with Crippen LogP contribution in [-0.2, 0) is 4.74 Å². The SMILES string of the molecule is Fc1ccc(Nc2ncnc3cnc(OC4CCOCC4)nc23)cc1Cl. The Bertz CT molecular complexity index is 936. The number of fused-ring (bicyclic) bond motifs is 1. The molecule has 1 saturated heterocycles. The number of nitrogens with one attached hydrogen (secondary N) is 1. The van der Waals surface area contributed by atoms with Gasteiger partial charge in [0.25, 0.3) is 0 Å². The average molecular weight is 376 g/mol. The van der Waals surface area contributed by atoms with Gasteiger partial charge >= 0.3 is 6.01 Å².